The number of benzene rings is 3. The van der Waals surface area contributed by atoms with Gasteiger partial charge in [-0.05, 0) is 60.7 Å². The van der Waals surface area contributed by atoms with Gasteiger partial charge in [-0.3, -0.25) is 4.90 Å². The fourth-order valence-electron chi connectivity index (χ4n) is 4.26. The first-order chi connectivity index (χ1) is 14.9. The lowest BCUT2D eigenvalue weighted by molar-refractivity contribution is 0.156. The molecule has 1 atom stereocenters. The summed E-state index contributed by atoms with van der Waals surface area (Å²) >= 11 is 0. The van der Waals surface area contributed by atoms with E-state index in [9.17, 15) is 0 Å². The quantitative estimate of drug-likeness (QED) is 0.427. The summed E-state index contributed by atoms with van der Waals surface area (Å²) in [6.45, 7) is 4.31. The molecule has 170 valence electrons. The molecule has 2 aliphatic rings. The van der Waals surface area contributed by atoms with Crippen LogP contribution in [0.2, 0.25) is 0 Å². The fraction of sp³-hybridized carbons (Fsp3) is 0.308. The van der Waals surface area contributed by atoms with Crippen molar-refractivity contribution in [3.8, 4) is 23.0 Å². The van der Waals surface area contributed by atoms with Crippen molar-refractivity contribution >= 4 is 24.8 Å². The van der Waals surface area contributed by atoms with Gasteiger partial charge in [-0.1, -0.05) is 42.5 Å². The Kier molecular flexibility index (Phi) is 8.83. The minimum absolute atomic E-state index is 0. The predicted molar refractivity (Wildman–Crippen MR) is 134 cm³/mol. The molecule has 3 aromatic rings. The number of halogens is 2. The number of piperazine rings is 1. The molecule has 1 aliphatic carbocycles. The summed E-state index contributed by atoms with van der Waals surface area (Å²) in [5.74, 6) is 3.88. The molecule has 3 aromatic carbocycles. The highest BCUT2D eigenvalue weighted by Crippen LogP contribution is 2.47. The van der Waals surface area contributed by atoms with E-state index >= 15 is 0 Å². The Bertz CT molecular complexity index is 962. The van der Waals surface area contributed by atoms with Crippen LogP contribution in [0.3, 0.4) is 0 Å². The van der Waals surface area contributed by atoms with Gasteiger partial charge < -0.3 is 14.8 Å². The zero-order chi connectivity index (χ0) is 20.2. The first kappa shape index (κ1) is 24.4. The molecule has 1 aliphatic heterocycles. The number of ether oxygens (including phenoxy) is 2. The molecule has 0 aromatic heterocycles. The smallest absolute Gasteiger partial charge is 0.170 e. The Morgan fingerprint density at radius 2 is 1.28 bits per heavy atom. The van der Waals surface area contributed by atoms with Gasteiger partial charge in [0.2, 0.25) is 0 Å². The second-order valence-corrected chi connectivity index (χ2v) is 8.10. The molecule has 0 bridgehead atoms. The average Bonchev–Trinajstić information content (AvgIpc) is 3.63. The van der Waals surface area contributed by atoms with Crippen LogP contribution in [0.4, 0.5) is 0 Å². The van der Waals surface area contributed by atoms with Gasteiger partial charge in [0.1, 0.15) is 11.5 Å². The van der Waals surface area contributed by atoms with E-state index < -0.39 is 0 Å². The molecular formula is C26H30Cl2N2O2. The molecule has 1 heterocycles. The lowest BCUT2D eigenvalue weighted by atomic mass is 9.99. The van der Waals surface area contributed by atoms with Crippen molar-refractivity contribution in [2.75, 3.05) is 26.2 Å². The van der Waals surface area contributed by atoms with Crippen LogP contribution in [-0.2, 0) is 0 Å². The van der Waals surface area contributed by atoms with Gasteiger partial charge >= 0.3 is 0 Å². The molecule has 0 amide bonds. The molecule has 0 spiro atoms. The summed E-state index contributed by atoms with van der Waals surface area (Å²) in [4.78, 5) is 2.63. The van der Waals surface area contributed by atoms with Crippen LogP contribution in [0.5, 0.6) is 23.0 Å². The Labute approximate surface area is 202 Å². The molecule has 5 rings (SSSR count). The monoisotopic (exact) mass is 472 g/mol. The molecule has 2 fully saturated rings. The summed E-state index contributed by atoms with van der Waals surface area (Å²) in [5, 5.41) is 3.47. The van der Waals surface area contributed by atoms with Crippen LogP contribution in [0.1, 0.15) is 24.4 Å². The molecular weight excluding hydrogens is 443 g/mol. The van der Waals surface area contributed by atoms with Crippen molar-refractivity contribution in [1.82, 2.24) is 10.2 Å². The van der Waals surface area contributed by atoms with E-state index in [0.29, 0.717) is 6.04 Å². The number of hydrogen-bond acceptors (Lipinski definition) is 4. The van der Waals surface area contributed by atoms with Gasteiger partial charge in [-0.2, -0.15) is 0 Å². The van der Waals surface area contributed by atoms with Crippen LogP contribution in [-0.4, -0.2) is 31.1 Å². The molecule has 0 unspecified atom stereocenters. The molecule has 4 nitrogen and oxygen atoms in total. The van der Waals surface area contributed by atoms with Crippen molar-refractivity contribution in [3.63, 3.8) is 0 Å². The van der Waals surface area contributed by atoms with Gasteiger partial charge in [-0.25, -0.2) is 0 Å². The Hall–Kier alpha value is -2.24. The molecule has 0 radical (unpaired) electrons. The standard InChI is InChI=1S/C26H28N2O2.2ClH/c1-3-7-22(8-4-1)29-24-14-13-21(19-25(24)30-23-9-5-2-6-10-23)26(20-11-12-20)28-17-15-27-16-18-28;;/h1-10,13-14,19-20,26-27H,11-12,15-18H2;2*1H/t26-;;/m1../s1. The summed E-state index contributed by atoms with van der Waals surface area (Å²) in [6, 6.07) is 26.8. The molecule has 1 N–H and O–H groups in total. The van der Waals surface area contributed by atoms with E-state index in [0.717, 1.165) is 55.1 Å². The fourth-order valence-corrected chi connectivity index (χ4v) is 4.26. The first-order valence-corrected chi connectivity index (χ1v) is 10.9. The average molecular weight is 473 g/mol. The maximum Gasteiger partial charge on any atom is 0.170 e. The number of nitrogens with one attached hydrogen (secondary N) is 1. The third-order valence-electron chi connectivity index (χ3n) is 5.86. The Balaban J connectivity index is 0.00000144. The highest BCUT2D eigenvalue weighted by atomic mass is 35.5. The maximum atomic E-state index is 6.30. The van der Waals surface area contributed by atoms with Crippen molar-refractivity contribution in [2.45, 2.75) is 18.9 Å². The highest BCUT2D eigenvalue weighted by Gasteiger charge is 2.37. The van der Waals surface area contributed by atoms with E-state index in [1.54, 1.807) is 0 Å². The minimum Gasteiger partial charge on any atom is -0.453 e. The van der Waals surface area contributed by atoms with Gasteiger partial charge in [0.05, 0.1) is 0 Å². The van der Waals surface area contributed by atoms with Gasteiger partial charge in [0.25, 0.3) is 0 Å². The largest absolute Gasteiger partial charge is 0.453 e. The van der Waals surface area contributed by atoms with Crippen LogP contribution < -0.4 is 14.8 Å². The van der Waals surface area contributed by atoms with Crippen LogP contribution >= 0.6 is 24.8 Å². The van der Waals surface area contributed by atoms with E-state index in [2.05, 4.69) is 28.4 Å². The summed E-state index contributed by atoms with van der Waals surface area (Å²) in [7, 11) is 0. The van der Waals surface area contributed by atoms with Crippen molar-refractivity contribution in [1.29, 1.82) is 0 Å². The second kappa shape index (κ2) is 11.6. The predicted octanol–water partition coefficient (Wildman–Crippen LogP) is 6.47. The summed E-state index contributed by atoms with van der Waals surface area (Å²) in [6.07, 6.45) is 2.62. The summed E-state index contributed by atoms with van der Waals surface area (Å²) < 4.78 is 12.5. The van der Waals surface area contributed by atoms with E-state index in [1.807, 2.05) is 60.7 Å². The zero-order valence-electron chi connectivity index (χ0n) is 18.0. The van der Waals surface area contributed by atoms with Gasteiger partial charge in [0.15, 0.2) is 11.5 Å². The first-order valence-electron chi connectivity index (χ1n) is 10.9. The van der Waals surface area contributed by atoms with Crippen LogP contribution in [0.15, 0.2) is 78.9 Å². The topological polar surface area (TPSA) is 33.7 Å². The van der Waals surface area contributed by atoms with E-state index in [1.165, 1.54) is 18.4 Å². The maximum absolute atomic E-state index is 6.30. The Morgan fingerprint density at radius 1 is 0.719 bits per heavy atom. The number of para-hydroxylation sites is 2. The number of nitrogens with zero attached hydrogens (tertiary/aromatic N) is 1. The van der Waals surface area contributed by atoms with Gasteiger partial charge in [0, 0.05) is 32.2 Å². The highest BCUT2D eigenvalue weighted by molar-refractivity contribution is 5.85. The Morgan fingerprint density at radius 3 is 1.84 bits per heavy atom. The minimum atomic E-state index is 0. The van der Waals surface area contributed by atoms with E-state index in [4.69, 9.17) is 9.47 Å². The van der Waals surface area contributed by atoms with Crippen molar-refractivity contribution < 1.29 is 9.47 Å². The SMILES string of the molecule is Cl.Cl.c1ccc(Oc2ccc([C@@H](C3CC3)N3CCNCC3)cc2Oc2ccccc2)cc1. The van der Waals surface area contributed by atoms with Crippen molar-refractivity contribution in [3.05, 3.63) is 84.4 Å². The molecule has 1 saturated carbocycles. The lowest BCUT2D eigenvalue weighted by Crippen LogP contribution is -2.45. The third kappa shape index (κ3) is 5.96. The molecule has 6 heteroatoms. The molecule has 32 heavy (non-hydrogen) atoms. The van der Waals surface area contributed by atoms with Crippen molar-refractivity contribution in [2.24, 2.45) is 5.92 Å². The third-order valence-corrected chi connectivity index (χ3v) is 5.86. The zero-order valence-corrected chi connectivity index (χ0v) is 19.6. The second-order valence-electron chi connectivity index (χ2n) is 8.10. The van der Waals surface area contributed by atoms with Crippen LogP contribution in [0.25, 0.3) is 0 Å². The van der Waals surface area contributed by atoms with E-state index in [-0.39, 0.29) is 24.8 Å². The summed E-state index contributed by atoms with van der Waals surface area (Å²) in [5.41, 5.74) is 1.32. The number of rotatable bonds is 7. The van der Waals surface area contributed by atoms with Crippen LogP contribution in [0, 0.1) is 5.92 Å². The molecule has 1 saturated heterocycles. The lowest BCUT2D eigenvalue weighted by Gasteiger charge is -2.35. The normalized spacial score (nSPS) is 16.9. The number of hydrogen-bond donors (Lipinski definition) is 1. The van der Waals surface area contributed by atoms with Gasteiger partial charge in [-0.15, -0.1) is 24.8 Å².